The van der Waals surface area contributed by atoms with Gasteiger partial charge in [-0.2, -0.15) is 0 Å². The van der Waals surface area contributed by atoms with Crippen LogP contribution in [0.25, 0.3) is 0 Å². The molecule has 2 aromatic rings. The van der Waals surface area contributed by atoms with Crippen LogP contribution < -0.4 is 15.4 Å². The van der Waals surface area contributed by atoms with Gasteiger partial charge < -0.3 is 15.4 Å². The monoisotopic (exact) mass is 395 g/mol. The lowest BCUT2D eigenvalue weighted by Gasteiger charge is -2.32. The van der Waals surface area contributed by atoms with Crippen molar-refractivity contribution in [3.05, 3.63) is 54.1 Å². The van der Waals surface area contributed by atoms with E-state index in [0.29, 0.717) is 36.1 Å². The van der Waals surface area contributed by atoms with Crippen molar-refractivity contribution in [2.45, 2.75) is 39.2 Å². The molecule has 1 fully saturated rings. The second kappa shape index (κ2) is 10.1. The summed E-state index contributed by atoms with van der Waals surface area (Å²) in [5.74, 6) is 0.390. The van der Waals surface area contributed by atoms with Crippen molar-refractivity contribution in [1.29, 1.82) is 0 Å². The second-order valence-corrected chi connectivity index (χ2v) is 7.32. The number of likely N-dealkylation sites (tertiary alicyclic amines) is 1. The molecule has 1 atom stereocenters. The number of hydrogen-bond donors (Lipinski definition) is 2. The standard InChI is InChI=1S/C23H29N3O3/c1-3-29-19-13-11-18(12-14-19)24-23(28)20-9-4-5-10-21(20)25-22(27)16-26-15-7-6-8-17(26)2/h4-5,9-14,17H,3,6-8,15-16H2,1-2H3,(H,24,28)(H,25,27)/t17-/m0/s1. The van der Waals surface area contributed by atoms with Gasteiger partial charge in [0.25, 0.3) is 5.91 Å². The fourth-order valence-electron chi connectivity index (χ4n) is 3.56. The number of carbonyl (C=O) groups excluding carboxylic acids is 2. The molecule has 1 aliphatic rings. The predicted octanol–water partition coefficient (Wildman–Crippen LogP) is 4.15. The highest BCUT2D eigenvalue weighted by molar-refractivity contribution is 6.10. The van der Waals surface area contributed by atoms with Gasteiger partial charge in [0.15, 0.2) is 0 Å². The van der Waals surface area contributed by atoms with E-state index in [1.807, 2.05) is 25.1 Å². The molecule has 0 radical (unpaired) electrons. The maximum atomic E-state index is 12.8. The van der Waals surface area contributed by atoms with Gasteiger partial charge in [-0.1, -0.05) is 18.6 Å². The molecule has 0 bridgehead atoms. The molecule has 0 aromatic heterocycles. The van der Waals surface area contributed by atoms with Crippen LogP contribution in [0.4, 0.5) is 11.4 Å². The number of anilines is 2. The summed E-state index contributed by atoms with van der Waals surface area (Å²) >= 11 is 0. The molecular formula is C23H29N3O3. The summed E-state index contributed by atoms with van der Waals surface area (Å²) in [6.07, 6.45) is 3.46. The first kappa shape index (κ1) is 20.9. The van der Waals surface area contributed by atoms with Gasteiger partial charge in [0.05, 0.1) is 24.4 Å². The lowest BCUT2D eigenvalue weighted by molar-refractivity contribution is -0.118. The number of piperidine rings is 1. The molecule has 29 heavy (non-hydrogen) atoms. The third-order valence-corrected chi connectivity index (χ3v) is 5.16. The zero-order valence-electron chi connectivity index (χ0n) is 17.1. The zero-order valence-corrected chi connectivity index (χ0v) is 17.1. The van der Waals surface area contributed by atoms with Gasteiger partial charge in [-0.25, -0.2) is 0 Å². The van der Waals surface area contributed by atoms with E-state index in [4.69, 9.17) is 4.74 Å². The van der Waals surface area contributed by atoms with Gasteiger partial charge in [-0.05, 0) is 69.6 Å². The number of benzene rings is 2. The maximum Gasteiger partial charge on any atom is 0.257 e. The van der Waals surface area contributed by atoms with Crippen LogP contribution in [0.1, 0.15) is 43.5 Å². The first-order valence-electron chi connectivity index (χ1n) is 10.2. The molecule has 2 amide bonds. The number of nitrogens with one attached hydrogen (secondary N) is 2. The summed E-state index contributed by atoms with van der Waals surface area (Å²) in [4.78, 5) is 27.5. The van der Waals surface area contributed by atoms with Gasteiger partial charge in [0, 0.05) is 11.7 Å². The van der Waals surface area contributed by atoms with Crippen LogP contribution in [0, 0.1) is 0 Å². The molecule has 6 nitrogen and oxygen atoms in total. The molecule has 0 spiro atoms. The average Bonchev–Trinajstić information content (AvgIpc) is 2.72. The third-order valence-electron chi connectivity index (χ3n) is 5.16. The molecule has 3 rings (SSSR count). The molecule has 1 saturated heterocycles. The van der Waals surface area contributed by atoms with E-state index in [-0.39, 0.29) is 11.8 Å². The van der Waals surface area contributed by atoms with Crippen molar-refractivity contribution in [1.82, 2.24) is 4.90 Å². The number of para-hydroxylation sites is 1. The lowest BCUT2D eigenvalue weighted by atomic mass is 10.0. The van der Waals surface area contributed by atoms with Gasteiger partial charge in [0.1, 0.15) is 5.75 Å². The Labute approximate surface area is 172 Å². The van der Waals surface area contributed by atoms with Crippen molar-refractivity contribution >= 4 is 23.2 Å². The summed E-state index contributed by atoms with van der Waals surface area (Å²) in [6, 6.07) is 14.7. The first-order valence-corrected chi connectivity index (χ1v) is 10.2. The second-order valence-electron chi connectivity index (χ2n) is 7.32. The van der Waals surface area contributed by atoms with E-state index in [1.54, 1.807) is 30.3 Å². The molecule has 1 heterocycles. The average molecular weight is 396 g/mol. The van der Waals surface area contributed by atoms with Crippen molar-refractivity contribution < 1.29 is 14.3 Å². The Morgan fingerprint density at radius 1 is 1.07 bits per heavy atom. The molecule has 0 unspecified atom stereocenters. The first-order chi connectivity index (χ1) is 14.1. The zero-order chi connectivity index (χ0) is 20.6. The van der Waals surface area contributed by atoms with E-state index >= 15 is 0 Å². The van der Waals surface area contributed by atoms with Crippen LogP contribution in [-0.2, 0) is 4.79 Å². The molecule has 0 saturated carbocycles. The summed E-state index contributed by atoms with van der Waals surface area (Å²) < 4.78 is 5.42. The predicted molar refractivity (Wildman–Crippen MR) is 116 cm³/mol. The van der Waals surface area contributed by atoms with Crippen LogP contribution in [0.3, 0.4) is 0 Å². The highest BCUT2D eigenvalue weighted by Gasteiger charge is 2.21. The maximum absolute atomic E-state index is 12.8. The van der Waals surface area contributed by atoms with Crippen molar-refractivity contribution in [3.8, 4) is 5.75 Å². The SMILES string of the molecule is CCOc1ccc(NC(=O)c2ccccc2NC(=O)CN2CCCC[C@@H]2C)cc1. The minimum absolute atomic E-state index is 0.0972. The Balaban J connectivity index is 1.64. The fourth-order valence-corrected chi connectivity index (χ4v) is 3.56. The summed E-state index contributed by atoms with van der Waals surface area (Å²) in [7, 11) is 0. The minimum atomic E-state index is -0.267. The van der Waals surface area contributed by atoms with E-state index in [9.17, 15) is 9.59 Å². The number of hydrogen-bond acceptors (Lipinski definition) is 4. The molecule has 6 heteroatoms. The Kier molecular flexibility index (Phi) is 7.25. The lowest BCUT2D eigenvalue weighted by Crippen LogP contribution is -2.42. The number of rotatable bonds is 7. The largest absolute Gasteiger partial charge is 0.494 e. The minimum Gasteiger partial charge on any atom is -0.494 e. The van der Waals surface area contributed by atoms with Gasteiger partial charge in [0.2, 0.25) is 5.91 Å². The quantitative estimate of drug-likeness (QED) is 0.739. The molecule has 2 aromatic carbocycles. The van der Waals surface area contributed by atoms with Crippen LogP contribution in [0.2, 0.25) is 0 Å². The Bertz CT molecular complexity index is 836. The summed E-state index contributed by atoms with van der Waals surface area (Å²) in [5, 5.41) is 5.78. The number of carbonyl (C=O) groups is 2. The summed E-state index contributed by atoms with van der Waals surface area (Å²) in [6.45, 7) is 5.96. The Morgan fingerprint density at radius 3 is 2.55 bits per heavy atom. The Hall–Kier alpha value is -2.86. The van der Waals surface area contributed by atoms with Crippen LogP contribution in [0.5, 0.6) is 5.75 Å². The number of ether oxygens (including phenoxy) is 1. The summed E-state index contributed by atoms with van der Waals surface area (Å²) in [5.41, 5.74) is 1.62. The molecule has 1 aliphatic heterocycles. The molecule has 154 valence electrons. The van der Waals surface area contributed by atoms with Gasteiger partial charge in [-0.3, -0.25) is 14.5 Å². The van der Waals surface area contributed by atoms with E-state index in [1.165, 1.54) is 6.42 Å². The molecular weight excluding hydrogens is 366 g/mol. The van der Waals surface area contributed by atoms with Gasteiger partial charge in [-0.15, -0.1) is 0 Å². The normalized spacial score (nSPS) is 16.8. The van der Waals surface area contributed by atoms with Crippen LogP contribution in [-0.4, -0.2) is 42.5 Å². The van der Waals surface area contributed by atoms with Crippen LogP contribution in [0.15, 0.2) is 48.5 Å². The topological polar surface area (TPSA) is 70.7 Å². The molecule has 0 aliphatic carbocycles. The van der Waals surface area contributed by atoms with Crippen molar-refractivity contribution in [3.63, 3.8) is 0 Å². The highest BCUT2D eigenvalue weighted by Crippen LogP contribution is 2.20. The van der Waals surface area contributed by atoms with E-state index in [2.05, 4.69) is 22.5 Å². The van der Waals surface area contributed by atoms with Gasteiger partial charge >= 0.3 is 0 Å². The highest BCUT2D eigenvalue weighted by atomic mass is 16.5. The Morgan fingerprint density at radius 2 is 1.83 bits per heavy atom. The number of nitrogens with zero attached hydrogens (tertiary/aromatic N) is 1. The van der Waals surface area contributed by atoms with Crippen molar-refractivity contribution in [2.75, 3.05) is 30.3 Å². The van der Waals surface area contributed by atoms with E-state index < -0.39 is 0 Å². The fraction of sp³-hybridized carbons (Fsp3) is 0.391. The third kappa shape index (κ3) is 5.81. The van der Waals surface area contributed by atoms with E-state index in [0.717, 1.165) is 25.1 Å². The smallest absolute Gasteiger partial charge is 0.257 e. The number of amides is 2. The van der Waals surface area contributed by atoms with Crippen LogP contribution >= 0.6 is 0 Å². The van der Waals surface area contributed by atoms with Crippen molar-refractivity contribution in [2.24, 2.45) is 0 Å². The molecule has 2 N–H and O–H groups in total.